The van der Waals surface area contributed by atoms with Crippen molar-refractivity contribution in [3.63, 3.8) is 0 Å². The number of rotatable bonds is 2. The molecule has 0 aliphatic heterocycles. The van der Waals surface area contributed by atoms with Gasteiger partial charge in [-0.3, -0.25) is 4.79 Å². The van der Waals surface area contributed by atoms with Crippen LogP contribution >= 0.6 is 39.1 Å². The summed E-state index contributed by atoms with van der Waals surface area (Å²) in [5, 5.41) is 0.911. The molecule has 1 nitrogen and oxygen atoms in total. The molecule has 0 aliphatic rings. The van der Waals surface area contributed by atoms with Crippen LogP contribution in [0.3, 0.4) is 0 Å². The van der Waals surface area contributed by atoms with Crippen molar-refractivity contribution in [3.05, 3.63) is 67.6 Å². The number of halogens is 3. The van der Waals surface area contributed by atoms with E-state index in [4.69, 9.17) is 23.2 Å². The first kappa shape index (κ1) is 13.6. The molecule has 0 unspecified atom stereocenters. The van der Waals surface area contributed by atoms with Gasteiger partial charge in [0.15, 0.2) is 5.78 Å². The first-order valence-corrected chi connectivity index (χ1v) is 6.79. The standard InChI is InChI=1S/C14H9BrCl2O/c1-8-2-3-9(6-13(8)15)14(18)10-4-11(16)7-12(17)5-10/h2-7H,1H3. The van der Waals surface area contributed by atoms with Crippen molar-refractivity contribution in [2.24, 2.45) is 0 Å². The number of hydrogen-bond acceptors (Lipinski definition) is 1. The minimum Gasteiger partial charge on any atom is -0.289 e. The number of benzene rings is 2. The largest absolute Gasteiger partial charge is 0.289 e. The van der Waals surface area contributed by atoms with Crippen molar-refractivity contribution in [2.45, 2.75) is 6.92 Å². The van der Waals surface area contributed by atoms with Crippen LogP contribution in [0.2, 0.25) is 10.0 Å². The molecule has 18 heavy (non-hydrogen) atoms. The molecular formula is C14H9BrCl2O. The van der Waals surface area contributed by atoms with Crippen molar-refractivity contribution in [2.75, 3.05) is 0 Å². The Morgan fingerprint density at radius 1 is 1.00 bits per heavy atom. The van der Waals surface area contributed by atoms with E-state index in [0.717, 1.165) is 10.0 Å². The van der Waals surface area contributed by atoms with E-state index in [0.29, 0.717) is 21.2 Å². The van der Waals surface area contributed by atoms with Gasteiger partial charge in [-0.2, -0.15) is 0 Å². The lowest BCUT2D eigenvalue weighted by molar-refractivity contribution is 0.103. The van der Waals surface area contributed by atoms with Crippen LogP contribution in [-0.2, 0) is 0 Å². The first-order valence-electron chi connectivity index (χ1n) is 5.24. The van der Waals surface area contributed by atoms with Gasteiger partial charge in [0.05, 0.1) is 0 Å². The average Bonchev–Trinajstić information content (AvgIpc) is 2.30. The van der Waals surface area contributed by atoms with Crippen LogP contribution in [0.1, 0.15) is 21.5 Å². The third-order valence-electron chi connectivity index (χ3n) is 2.56. The van der Waals surface area contributed by atoms with E-state index >= 15 is 0 Å². The van der Waals surface area contributed by atoms with Gasteiger partial charge < -0.3 is 0 Å². The molecule has 0 spiro atoms. The molecule has 0 fully saturated rings. The Morgan fingerprint density at radius 3 is 2.17 bits per heavy atom. The van der Waals surface area contributed by atoms with Gasteiger partial charge in [0.25, 0.3) is 0 Å². The molecule has 4 heteroatoms. The van der Waals surface area contributed by atoms with E-state index in [1.807, 2.05) is 13.0 Å². The van der Waals surface area contributed by atoms with Crippen LogP contribution in [0.5, 0.6) is 0 Å². The highest BCUT2D eigenvalue weighted by Gasteiger charge is 2.11. The first-order chi connectivity index (χ1) is 8.47. The summed E-state index contributed by atoms with van der Waals surface area (Å²) >= 11 is 15.2. The fourth-order valence-corrected chi connectivity index (χ4v) is 2.49. The van der Waals surface area contributed by atoms with Crippen LogP contribution in [0.25, 0.3) is 0 Å². The van der Waals surface area contributed by atoms with Gasteiger partial charge >= 0.3 is 0 Å². The van der Waals surface area contributed by atoms with Crippen LogP contribution in [0.15, 0.2) is 40.9 Å². The Labute approximate surface area is 124 Å². The van der Waals surface area contributed by atoms with Crippen molar-refractivity contribution in [1.29, 1.82) is 0 Å². The van der Waals surface area contributed by atoms with Crippen molar-refractivity contribution in [1.82, 2.24) is 0 Å². The summed E-state index contributed by atoms with van der Waals surface area (Å²) in [7, 11) is 0. The van der Waals surface area contributed by atoms with Gasteiger partial charge in [-0.15, -0.1) is 0 Å². The highest BCUT2D eigenvalue weighted by atomic mass is 79.9. The molecule has 0 radical (unpaired) electrons. The highest BCUT2D eigenvalue weighted by molar-refractivity contribution is 9.10. The zero-order valence-corrected chi connectivity index (χ0v) is 12.6. The Hall–Kier alpha value is -0.830. The lowest BCUT2D eigenvalue weighted by Crippen LogP contribution is -2.01. The molecule has 92 valence electrons. The molecule has 0 heterocycles. The Balaban J connectivity index is 2.44. The SMILES string of the molecule is Cc1ccc(C(=O)c2cc(Cl)cc(Cl)c2)cc1Br. The highest BCUT2D eigenvalue weighted by Crippen LogP contribution is 2.23. The summed E-state index contributed by atoms with van der Waals surface area (Å²) in [6.07, 6.45) is 0. The minimum atomic E-state index is -0.0971. The van der Waals surface area contributed by atoms with Gasteiger partial charge in [0, 0.05) is 25.6 Å². The van der Waals surface area contributed by atoms with E-state index < -0.39 is 0 Å². The van der Waals surface area contributed by atoms with Crippen molar-refractivity contribution in [3.8, 4) is 0 Å². The molecule has 0 aromatic heterocycles. The maximum Gasteiger partial charge on any atom is 0.193 e. The van der Waals surface area contributed by atoms with Crippen LogP contribution in [0, 0.1) is 6.92 Å². The minimum absolute atomic E-state index is 0.0971. The summed E-state index contributed by atoms with van der Waals surface area (Å²) < 4.78 is 0.904. The third-order valence-corrected chi connectivity index (χ3v) is 3.85. The van der Waals surface area contributed by atoms with Crippen LogP contribution in [0.4, 0.5) is 0 Å². The van der Waals surface area contributed by atoms with Crippen molar-refractivity contribution < 1.29 is 4.79 Å². The molecule has 0 aliphatic carbocycles. The van der Waals surface area contributed by atoms with E-state index in [1.165, 1.54) is 0 Å². The lowest BCUT2D eigenvalue weighted by atomic mass is 10.0. The van der Waals surface area contributed by atoms with E-state index in [-0.39, 0.29) is 5.78 Å². The summed E-state index contributed by atoms with van der Waals surface area (Å²) in [5.41, 5.74) is 2.17. The zero-order valence-electron chi connectivity index (χ0n) is 9.51. The molecule has 0 bridgehead atoms. The van der Waals surface area contributed by atoms with Crippen LogP contribution in [-0.4, -0.2) is 5.78 Å². The second kappa shape index (κ2) is 5.43. The van der Waals surface area contributed by atoms with Gasteiger partial charge in [0.1, 0.15) is 0 Å². The molecule has 0 amide bonds. The number of hydrogen-bond donors (Lipinski definition) is 0. The van der Waals surface area contributed by atoms with Crippen LogP contribution < -0.4 is 0 Å². The van der Waals surface area contributed by atoms with E-state index in [1.54, 1.807) is 30.3 Å². The lowest BCUT2D eigenvalue weighted by Gasteiger charge is -2.05. The molecule has 2 aromatic carbocycles. The Morgan fingerprint density at radius 2 is 1.61 bits per heavy atom. The molecule has 0 atom stereocenters. The fraction of sp³-hybridized carbons (Fsp3) is 0.0714. The normalized spacial score (nSPS) is 10.4. The Kier molecular flexibility index (Phi) is 4.10. The predicted octanol–water partition coefficient (Wildman–Crippen LogP) is 5.30. The fourth-order valence-electron chi connectivity index (χ4n) is 1.59. The summed E-state index contributed by atoms with van der Waals surface area (Å²) in [5.74, 6) is -0.0971. The molecule has 2 rings (SSSR count). The topological polar surface area (TPSA) is 17.1 Å². The molecule has 0 N–H and O–H groups in total. The van der Waals surface area contributed by atoms with Gasteiger partial charge in [-0.1, -0.05) is 51.3 Å². The maximum absolute atomic E-state index is 12.3. The summed E-state index contributed by atoms with van der Waals surface area (Å²) in [4.78, 5) is 12.3. The number of aryl methyl sites for hydroxylation is 1. The number of carbonyl (C=O) groups is 1. The summed E-state index contributed by atoms with van der Waals surface area (Å²) in [6, 6.07) is 10.3. The average molecular weight is 344 g/mol. The molecule has 0 saturated carbocycles. The predicted molar refractivity (Wildman–Crippen MR) is 78.8 cm³/mol. The molecule has 2 aromatic rings. The monoisotopic (exact) mass is 342 g/mol. The quantitative estimate of drug-likeness (QED) is 0.676. The smallest absolute Gasteiger partial charge is 0.193 e. The van der Waals surface area contributed by atoms with Gasteiger partial charge in [0.2, 0.25) is 0 Å². The maximum atomic E-state index is 12.3. The van der Waals surface area contributed by atoms with E-state index in [2.05, 4.69) is 15.9 Å². The van der Waals surface area contributed by atoms with E-state index in [9.17, 15) is 4.79 Å². The van der Waals surface area contributed by atoms with Gasteiger partial charge in [-0.05, 0) is 36.8 Å². The molecular weight excluding hydrogens is 335 g/mol. The second-order valence-electron chi connectivity index (χ2n) is 3.95. The zero-order chi connectivity index (χ0) is 13.3. The summed E-state index contributed by atoms with van der Waals surface area (Å²) in [6.45, 7) is 1.97. The number of carbonyl (C=O) groups excluding carboxylic acids is 1. The van der Waals surface area contributed by atoms with Gasteiger partial charge in [-0.25, -0.2) is 0 Å². The number of ketones is 1. The molecule has 0 saturated heterocycles. The third kappa shape index (κ3) is 2.94. The van der Waals surface area contributed by atoms with Crippen molar-refractivity contribution >= 4 is 44.9 Å². The second-order valence-corrected chi connectivity index (χ2v) is 5.68. The Bertz CT molecular complexity index is 603.